The highest BCUT2D eigenvalue weighted by Gasteiger charge is 2.38. The monoisotopic (exact) mass is 414 g/mol. The van der Waals surface area contributed by atoms with E-state index >= 15 is 0 Å². The van der Waals surface area contributed by atoms with E-state index < -0.39 is 0 Å². The van der Waals surface area contributed by atoms with Crippen molar-refractivity contribution in [1.82, 2.24) is 15.5 Å². The van der Waals surface area contributed by atoms with Crippen molar-refractivity contribution in [3.05, 3.63) is 28.8 Å². The molecule has 2 atom stereocenters. The predicted octanol–water partition coefficient (Wildman–Crippen LogP) is 3.65. The van der Waals surface area contributed by atoms with Crippen LogP contribution >= 0.6 is 24.0 Å². The molecule has 0 aromatic heterocycles. The van der Waals surface area contributed by atoms with Crippen LogP contribution in [0.25, 0.3) is 0 Å². The summed E-state index contributed by atoms with van der Waals surface area (Å²) >= 11 is 6.32. The van der Waals surface area contributed by atoms with Gasteiger partial charge in [-0.05, 0) is 64.8 Å². The van der Waals surface area contributed by atoms with Gasteiger partial charge in [0.2, 0.25) is 0 Å². The number of anilines is 1. The van der Waals surface area contributed by atoms with Gasteiger partial charge in [-0.15, -0.1) is 12.4 Å². The molecule has 0 radical (unpaired) electrons. The maximum absolute atomic E-state index is 13.2. The Labute approximate surface area is 171 Å². The van der Waals surface area contributed by atoms with Crippen LogP contribution in [-0.2, 0) is 0 Å². The second-order valence-corrected chi connectivity index (χ2v) is 8.52. The van der Waals surface area contributed by atoms with E-state index in [1.165, 1.54) is 0 Å². The summed E-state index contributed by atoms with van der Waals surface area (Å²) in [6.45, 7) is 7.49. The first-order valence-corrected chi connectivity index (χ1v) is 9.54. The summed E-state index contributed by atoms with van der Waals surface area (Å²) in [6, 6.07) is 5.22. The Kier molecular flexibility index (Phi) is 7.00. The minimum absolute atomic E-state index is 0. The topological polar surface area (TPSA) is 73.5 Å². The van der Waals surface area contributed by atoms with Gasteiger partial charge >= 0.3 is 6.03 Å². The van der Waals surface area contributed by atoms with E-state index in [4.69, 9.17) is 11.6 Å². The molecule has 0 saturated carbocycles. The van der Waals surface area contributed by atoms with Gasteiger partial charge in [-0.1, -0.05) is 11.6 Å². The minimum atomic E-state index is -0.340. The van der Waals surface area contributed by atoms with E-state index in [2.05, 4.69) is 16.0 Å². The Bertz CT molecular complexity index is 691. The molecule has 1 aromatic rings. The maximum atomic E-state index is 13.2. The van der Waals surface area contributed by atoms with E-state index in [-0.39, 0.29) is 42.0 Å². The first-order valence-electron chi connectivity index (χ1n) is 9.17. The van der Waals surface area contributed by atoms with Gasteiger partial charge in [0.15, 0.2) is 0 Å². The lowest BCUT2D eigenvalue weighted by atomic mass is 10.1. The molecule has 6 nitrogen and oxygen atoms in total. The van der Waals surface area contributed by atoms with Crippen LogP contribution in [0.3, 0.4) is 0 Å². The average Bonchev–Trinajstić information content (AvgIpc) is 2.79. The lowest BCUT2D eigenvalue weighted by Gasteiger charge is -2.28. The standard InChI is InChI=1S/C19H27ClN4O2.ClH/c1-19(2,3)23-18(26)22-12-4-7-16(20)15(10-12)17(25)24-13-5-6-14(24)11-21-9-8-13;/h4,7,10,13-14,21H,5-6,8-9,11H2,1-3H3,(H2,22,23,26);1H. The van der Waals surface area contributed by atoms with E-state index in [9.17, 15) is 9.59 Å². The van der Waals surface area contributed by atoms with Gasteiger partial charge in [-0.3, -0.25) is 4.79 Å². The van der Waals surface area contributed by atoms with Crippen molar-refractivity contribution < 1.29 is 9.59 Å². The number of carbonyl (C=O) groups excluding carboxylic acids is 2. The largest absolute Gasteiger partial charge is 0.333 e. The van der Waals surface area contributed by atoms with Crippen molar-refractivity contribution in [2.75, 3.05) is 18.4 Å². The van der Waals surface area contributed by atoms with Crippen LogP contribution in [0.5, 0.6) is 0 Å². The molecular weight excluding hydrogens is 387 g/mol. The van der Waals surface area contributed by atoms with Gasteiger partial charge in [-0.2, -0.15) is 0 Å². The van der Waals surface area contributed by atoms with Crippen LogP contribution in [0.15, 0.2) is 18.2 Å². The molecular formula is C19H28Cl2N4O2. The SMILES string of the molecule is CC(C)(C)NC(=O)Nc1ccc(Cl)c(C(=O)N2C3CCNCC2CC3)c1.Cl. The summed E-state index contributed by atoms with van der Waals surface area (Å²) in [4.78, 5) is 27.3. The maximum Gasteiger partial charge on any atom is 0.319 e. The zero-order chi connectivity index (χ0) is 18.9. The third-order valence-corrected chi connectivity index (χ3v) is 5.16. The molecule has 2 unspecified atom stereocenters. The molecule has 2 fully saturated rings. The van der Waals surface area contributed by atoms with Gasteiger partial charge < -0.3 is 20.9 Å². The lowest BCUT2D eigenvalue weighted by molar-refractivity contribution is 0.0680. The van der Waals surface area contributed by atoms with Gasteiger partial charge in [-0.25, -0.2) is 4.79 Å². The number of halogens is 2. The third kappa shape index (κ3) is 5.27. The predicted molar refractivity (Wildman–Crippen MR) is 111 cm³/mol. The Morgan fingerprint density at radius 2 is 1.89 bits per heavy atom. The average molecular weight is 415 g/mol. The molecule has 2 aliphatic heterocycles. The second-order valence-electron chi connectivity index (χ2n) is 8.11. The Balaban J connectivity index is 0.00000261. The molecule has 27 heavy (non-hydrogen) atoms. The smallest absolute Gasteiger partial charge is 0.319 e. The van der Waals surface area contributed by atoms with Crippen LogP contribution in [0.4, 0.5) is 10.5 Å². The number of benzene rings is 1. The van der Waals surface area contributed by atoms with Crippen molar-refractivity contribution in [1.29, 1.82) is 0 Å². The van der Waals surface area contributed by atoms with Crippen LogP contribution in [0, 0.1) is 0 Å². The number of hydrogen-bond donors (Lipinski definition) is 3. The minimum Gasteiger partial charge on any atom is -0.333 e. The zero-order valence-corrected chi connectivity index (χ0v) is 17.5. The summed E-state index contributed by atoms with van der Waals surface area (Å²) in [5.74, 6) is -0.0499. The van der Waals surface area contributed by atoms with Gasteiger partial charge in [0.25, 0.3) is 5.91 Å². The fraction of sp³-hybridized carbons (Fsp3) is 0.579. The van der Waals surface area contributed by atoms with Crippen molar-refractivity contribution in [2.45, 2.75) is 57.7 Å². The molecule has 2 aliphatic rings. The highest BCUT2D eigenvalue weighted by molar-refractivity contribution is 6.34. The molecule has 8 heteroatoms. The summed E-state index contributed by atoms with van der Waals surface area (Å²) in [5.41, 5.74) is 0.659. The number of fused-ring (bicyclic) bond motifs is 2. The van der Waals surface area contributed by atoms with E-state index in [0.29, 0.717) is 16.3 Å². The molecule has 150 valence electrons. The van der Waals surface area contributed by atoms with Crippen molar-refractivity contribution >= 4 is 41.6 Å². The van der Waals surface area contributed by atoms with E-state index in [0.717, 1.165) is 32.4 Å². The highest BCUT2D eigenvalue weighted by atomic mass is 35.5. The summed E-state index contributed by atoms with van der Waals surface area (Å²) < 4.78 is 0. The summed E-state index contributed by atoms with van der Waals surface area (Å²) in [6.07, 6.45) is 3.03. The number of carbonyl (C=O) groups is 2. The third-order valence-electron chi connectivity index (χ3n) is 4.83. The van der Waals surface area contributed by atoms with Crippen LogP contribution in [-0.4, -0.2) is 47.6 Å². The molecule has 2 heterocycles. The van der Waals surface area contributed by atoms with Crippen LogP contribution < -0.4 is 16.0 Å². The normalized spacial score (nSPS) is 21.9. The fourth-order valence-corrected chi connectivity index (χ4v) is 3.92. The van der Waals surface area contributed by atoms with Crippen molar-refractivity contribution in [2.24, 2.45) is 0 Å². The van der Waals surface area contributed by atoms with Gasteiger partial charge in [0, 0.05) is 29.9 Å². The number of rotatable bonds is 2. The Morgan fingerprint density at radius 1 is 1.19 bits per heavy atom. The first-order chi connectivity index (χ1) is 12.2. The number of amides is 3. The molecule has 2 saturated heterocycles. The molecule has 2 bridgehead atoms. The molecule has 3 rings (SSSR count). The lowest BCUT2D eigenvalue weighted by Crippen LogP contribution is -2.43. The highest BCUT2D eigenvalue weighted by Crippen LogP contribution is 2.32. The first kappa shape index (κ1) is 21.8. The summed E-state index contributed by atoms with van der Waals surface area (Å²) in [7, 11) is 0. The van der Waals surface area contributed by atoms with E-state index in [1.807, 2.05) is 25.7 Å². The molecule has 1 aromatic carbocycles. The number of nitrogens with zero attached hydrogens (tertiary/aromatic N) is 1. The number of urea groups is 1. The molecule has 0 aliphatic carbocycles. The zero-order valence-electron chi connectivity index (χ0n) is 16.0. The van der Waals surface area contributed by atoms with E-state index in [1.54, 1.807) is 18.2 Å². The fourth-order valence-electron chi connectivity index (χ4n) is 3.72. The van der Waals surface area contributed by atoms with Crippen molar-refractivity contribution in [3.8, 4) is 0 Å². The molecule has 0 spiro atoms. The second kappa shape index (κ2) is 8.67. The van der Waals surface area contributed by atoms with Crippen LogP contribution in [0.2, 0.25) is 5.02 Å². The van der Waals surface area contributed by atoms with Gasteiger partial charge in [0.1, 0.15) is 0 Å². The van der Waals surface area contributed by atoms with Gasteiger partial charge in [0.05, 0.1) is 10.6 Å². The Hall–Kier alpha value is -1.50. The van der Waals surface area contributed by atoms with Crippen molar-refractivity contribution in [3.63, 3.8) is 0 Å². The molecule has 3 amide bonds. The molecule has 3 N–H and O–H groups in total. The van der Waals surface area contributed by atoms with Crippen LogP contribution in [0.1, 0.15) is 50.4 Å². The quantitative estimate of drug-likeness (QED) is 0.691. The summed E-state index contributed by atoms with van der Waals surface area (Å²) in [5, 5.41) is 9.43. The number of nitrogens with one attached hydrogen (secondary N) is 3. The number of hydrogen-bond acceptors (Lipinski definition) is 3. The Morgan fingerprint density at radius 3 is 2.59 bits per heavy atom.